The van der Waals surface area contributed by atoms with E-state index in [1.165, 1.54) is 19.3 Å². The summed E-state index contributed by atoms with van der Waals surface area (Å²) in [5, 5.41) is 0. The third kappa shape index (κ3) is 1.05. The summed E-state index contributed by atoms with van der Waals surface area (Å²) in [6, 6.07) is 0. The Balaban J connectivity index is 2.17. The van der Waals surface area contributed by atoms with Crippen LogP contribution >= 0.6 is 0 Å². The Morgan fingerprint density at radius 1 is 1.55 bits per heavy atom. The summed E-state index contributed by atoms with van der Waals surface area (Å²) in [7, 11) is 0. The molecule has 0 aromatic carbocycles. The van der Waals surface area contributed by atoms with Crippen LogP contribution in [0.15, 0.2) is 0 Å². The van der Waals surface area contributed by atoms with Gasteiger partial charge < -0.3 is 4.74 Å². The molecule has 1 saturated heterocycles. The van der Waals surface area contributed by atoms with E-state index in [1.54, 1.807) is 0 Å². The third-order valence-corrected chi connectivity index (χ3v) is 3.06. The zero-order valence-corrected chi connectivity index (χ0v) is 6.93. The first kappa shape index (κ1) is 7.14. The second-order valence-electron chi connectivity index (χ2n) is 4.06. The number of ether oxygens (including phenoxy) is 1. The van der Waals surface area contributed by atoms with Gasteiger partial charge in [0.1, 0.15) is 6.10 Å². The van der Waals surface area contributed by atoms with Gasteiger partial charge in [-0.05, 0) is 19.3 Å². The first-order valence-electron chi connectivity index (χ1n) is 4.40. The van der Waals surface area contributed by atoms with E-state index in [1.807, 2.05) is 0 Å². The van der Waals surface area contributed by atoms with Crippen LogP contribution in [0, 0.1) is 5.41 Å². The molecule has 1 aliphatic carbocycles. The molecule has 2 aliphatic rings. The molecule has 2 nitrogen and oxygen atoms in total. The number of fused-ring (bicyclic) bond motifs is 1. The Labute approximate surface area is 66.9 Å². The average Bonchev–Trinajstić information content (AvgIpc) is 2.22. The van der Waals surface area contributed by atoms with Gasteiger partial charge in [-0.3, -0.25) is 4.79 Å². The van der Waals surface area contributed by atoms with Crippen LogP contribution in [0.2, 0.25) is 0 Å². The van der Waals surface area contributed by atoms with E-state index in [9.17, 15) is 4.79 Å². The van der Waals surface area contributed by atoms with Crippen molar-refractivity contribution in [3.8, 4) is 0 Å². The summed E-state index contributed by atoms with van der Waals surface area (Å²) >= 11 is 0. The molecular formula is C9H14O2. The van der Waals surface area contributed by atoms with Crippen LogP contribution < -0.4 is 0 Å². The maximum absolute atomic E-state index is 11.0. The summed E-state index contributed by atoms with van der Waals surface area (Å²) in [6.45, 7) is 2.18. The fourth-order valence-electron chi connectivity index (χ4n) is 2.30. The van der Waals surface area contributed by atoms with Gasteiger partial charge in [-0.15, -0.1) is 0 Å². The van der Waals surface area contributed by atoms with Crippen LogP contribution in [0.1, 0.15) is 39.0 Å². The van der Waals surface area contributed by atoms with Crippen molar-refractivity contribution >= 4 is 5.97 Å². The minimum Gasteiger partial charge on any atom is -0.462 e. The van der Waals surface area contributed by atoms with Gasteiger partial charge in [0, 0.05) is 5.41 Å². The predicted octanol–water partition coefficient (Wildman–Crippen LogP) is 1.88. The quantitative estimate of drug-likeness (QED) is 0.498. The highest BCUT2D eigenvalue weighted by atomic mass is 16.6. The van der Waals surface area contributed by atoms with Crippen molar-refractivity contribution in [2.45, 2.75) is 45.1 Å². The van der Waals surface area contributed by atoms with Gasteiger partial charge in [0.2, 0.25) is 0 Å². The minimum absolute atomic E-state index is 0.0133. The van der Waals surface area contributed by atoms with Gasteiger partial charge in [-0.1, -0.05) is 13.3 Å². The first-order valence-corrected chi connectivity index (χ1v) is 4.40. The summed E-state index contributed by atoms with van der Waals surface area (Å²) in [5.74, 6) is 0.0133. The lowest BCUT2D eigenvalue weighted by Crippen LogP contribution is -2.30. The molecule has 0 N–H and O–H groups in total. The summed E-state index contributed by atoms with van der Waals surface area (Å²) in [6.07, 6.45) is 5.64. The fourth-order valence-corrected chi connectivity index (χ4v) is 2.30. The Kier molecular flexibility index (Phi) is 1.44. The molecule has 0 aromatic rings. The second-order valence-corrected chi connectivity index (χ2v) is 4.06. The van der Waals surface area contributed by atoms with Crippen molar-refractivity contribution < 1.29 is 9.53 Å². The van der Waals surface area contributed by atoms with Crippen molar-refractivity contribution in [2.24, 2.45) is 5.41 Å². The van der Waals surface area contributed by atoms with Crippen molar-refractivity contribution in [2.75, 3.05) is 0 Å². The Morgan fingerprint density at radius 3 is 3.09 bits per heavy atom. The minimum atomic E-state index is 0.0133. The van der Waals surface area contributed by atoms with E-state index in [-0.39, 0.29) is 17.5 Å². The molecule has 0 spiro atoms. The second kappa shape index (κ2) is 2.23. The largest absolute Gasteiger partial charge is 0.462 e. The molecule has 2 heteroatoms. The highest BCUT2D eigenvalue weighted by Gasteiger charge is 2.46. The maximum Gasteiger partial charge on any atom is 0.306 e. The molecule has 2 rings (SSSR count). The number of hydrogen-bond donors (Lipinski definition) is 0. The molecule has 0 aromatic heterocycles. The lowest BCUT2D eigenvalue weighted by Gasteiger charge is -2.32. The number of rotatable bonds is 0. The average molecular weight is 154 g/mol. The fraction of sp³-hybridized carbons (Fsp3) is 0.889. The van der Waals surface area contributed by atoms with E-state index >= 15 is 0 Å². The molecule has 0 radical (unpaired) electrons. The number of carbonyl (C=O) groups excluding carboxylic acids is 1. The van der Waals surface area contributed by atoms with E-state index in [0.29, 0.717) is 6.42 Å². The number of esters is 1. The molecule has 2 atom stereocenters. The van der Waals surface area contributed by atoms with Crippen LogP contribution in [0.3, 0.4) is 0 Å². The van der Waals surface area contributed by atoms with Crippen molar-refractivity contribution in [3.05, 3.63) is 0 Å². The molecule has 1 heterocycles. The normalized spacial score (nSPS) is 43.4. The van der Waals surface area contributed by atoms with Crippen LogP contribution in [0.5, 0.6) is 0 Å². The van der Waals surface area contributed by atoms with Gasteiger partial charge >= 0.3 is 5.97 Å². The molecule has 0 amide bonds. The van der Waals surface area contributed by atoms with Crippen molar-refractivity contribution in [1.29, 1.82) is 0 Å². The van der Waals surface area contributed by atoms with Crippen molar-refractivity contribution in [1.82, 2.24) is 0 Å². The first-order chi connectivity index (χ1) is 5.21. The van der Waals surface area contributed by atoms with Gasteiger partial charge in [-0.2, -0.15) is 0 Å². The lowest BCUT2D eigenvalue weighted by atomic mass is 9.73. The Bertz CT molecular complexity index is 188. The molecular weight excluding hydrogens is 140 g/mol. The highest BCUT2D eigenvalue weighted by Crippen LogP contribution is 2.45. The van der Waals surface area contributed by atoms with Gasteiger partial charge in [0.25, 0.3) is 0 Å². The van der Waals surface area contributed by atoms with Gasteiger partial charge in [0.05, 0.1) is 6.42 Å². The summed E-state index contributed by atoms with van der Waals surface area (Å²) < 4.78 is 5.23. The summed E-state index contributed by atoms with van der Waals surface area (Å²) in [4.78, 5) is 11.0. The zero-order chi connectivity index (χ0) is 7.90. The van der Waals surface area contributed by atoms with E-state index in [4.69, 9.17) is 4.74 Å². The SMILES string of the molecule is C[C@@]12CCCC[C@H]1OC(=O)C2. The highest BCUT2D eigenvalue weighted by molar-refractivity contribution is 5.73. The standard InChI is InChI=1S/C9H14O2/c1-9-5-3-2-4-7(9)11-8(10)6-9/h7H,2-6H2,1H3/t7-,9+/m1/s1. The number of hydrogen-bond acceptors (Lipinski definition) is 2. The molecule has 1 aliphatic heterocycles. The lowest BCUT2D eigenvalue weighted by molar-refractivity contribution is -0.142. The van der Waals surface area contributed by atoms with E-state index in [2.05, 4.69) is 6.92 Å². The maximum atomic E-state index is 11.0. The number of carbonyl (C=O) groups is 1. The van der Waals surface area contributed by atoms with Gasteiger partial charge in [-0.25, -0.2) is 0 Å². The van der Waals surface area contributed by atoms with Crippen LogP contribution in [-0.4, -0.2) is 12.1 Å². The van der Waals surface area contributed by atoms with Crippen LogP contribution in [0.4, 0.5) is 0 Å². The third-order valence-electron chi connectivity index (χ3n) is 3.06. The molecule has 2 fully saturated rings. The van der Waals surface area contributed by atoms with Crippen molar-refractivity contribution in [3.63, 3.8) is 0 Å². The van der Waals surface area contributed by atoms with Gasteiger partial charge in [0.15, 0.2) is 0 Å². The molecule has 0 unspecified atom stereocenters. The van der Waals surface area contributed by atoms with E-state index < -0.39 is 0 Å². The predicted molar refractivity (Wildman–Crippen MR) is 41.1 cm³/mol. The molecule has 1 saturated carbocycles. The molecule has 62 valence electrons. The Hall–Kier alpha value is -0.530. The topological polar surface area (TPSA) is 26.3 Å². The zero-order valence-electron chi connectivity index (χ0n) is 6.93. The van der Waals surface area contributed by atoms with Crippen LogP contribution in [0.25, 0.3) is 0 Å². The monoisotopic (exact) mass is 154 g/mol. The summed E-state index contributed by atoms with van der Waals surface area (Å²) in [5.41, 5.74) is 0.190. The smallest absolute Gasteiger partial charge is 0.306 e. The molecule has 0 bridgehead atoms. The Morgan fingerprint density at radius 2 is 2.36 bits per heavy atom. The van der Waals surface area contributed by atoms with Crippen LogP contribution in [-0.2, 0) is 9.53 Å². The van der Waals surface area contributed by atoms with E-state index in [0.717, 1.165) is 6.42 Å². The molecule has 11 heavy (non-hydrogen) atoms.